The van der Waals surface area contributed by atoms with Gasteiger partial charge in [0.2, 0.25) is 0 Å². The van der Waals surface area contributed by atoms with E-state index in [0.717, 1.165) is 5.52 Å². The summed E-state index contributed by atoms with van der Waals surface area (Å²) in [5.74, 6) is 0.382. The topological polar surface area (TPSA) is 45.8 Å². The lowest BCUT2D eigenvalue weighted by molar-refractivity contribution is 0.0979. The number of carbonyl (C=O) groups excluding carboxylic acids is 1. The molecule has 2 rings (SSSR count). The van der Waals surface area contributed by atoms with Crippen molar-refractivity contribution < 1.29 is 4.79 Å². The van der Waals surface area contributed by atoms with Crippen LogP contribution in [0.4, 0.5) is 0 Å². The van der Waals surface area contributed by atoms with Gasteiger partial charge in [0.15, 0.2) is 11.6 Å². The molecule has 4 heteroatoms. The second kappa shape index (κ2) is 3.42. The Kier molecular flexibility index (Phi) is 2.25. The van der Waals surface area contributed by atoms with E-state index < -0.39 is 0 Å². The van der Waals surface area contributed by atoms with Gasteiger partial charge in [-0.3, -0.25) is 4.79 Å². The molecule has 0 radical (unpaired) electrons. The highest BCUT2D eigenvalue weighted by Gasteiger charge is 2.10. The van der Waals surface area contributed by atoms with E-state index >= 15 is 0 Å². The molecule has 0 saturated heterocycles. The van der Waals surface area contributed by atoms with Crippen molar-refractivity contribution in [1.29, 1.82) is 0 Å². The molecule has 0 saturated carbocycles. The average Bonchev–Trinajstić information content (AvgIpc) is 2.62. The van der Waals surface area contributed by atoms with Crippen LogP contribution in [0.15, 0.2) is 18.2 Å². The number of para-hydroxylation sites is 1. The van der Waals surface area contributed by atoms with Crippen molar-refractivity contribution in [2.45, 2.75) is 13.3 Å². The summed E-state index contributed by atoms with van der Waals surface area (Å²) in [5.41, 5.74) is 1.46. The van der Waals surface area contributed by atoms with Crippen molar-refractivity contribution in [3.63, 3.8) is 0 Å². The van der Waals surface area contributed by atoms with E-state index in [2.05, 4.69) is 9.97 Å². The van der Waals surface area contributed by atoms with Gasteiger partial charge in [0.05, 0.1) is 10.5 Å². The van der Waals surface area contributed by atoms with E-state index in [0.29, 0.717) is 22.8 Å². The number of hydrogen-bond donors (Lipinski definition) is 1. The van der Waals surface area contributed by atoms with E-state index in [9.17, 15) is 4.79 Å². The summed E-state index contributed by atoms with van der Waals surface area (Å²) in [6.07, 6.45) is 0.442. The van der Waals surface area contributed by atoms with Gasteiger partial charge in [-0.2, -0.15) is 0 Å². The van der Waals surface area contributed by atoms with Crippen LogP contribution in [0.3, 0.4) is 0 Å². The number of carbonyl (C=O) groups is 1. The Morgan fingerprint density at radius 1 is 1.57 bits per heavy atom. The predicted octanol–water partition coefficient (Wildman–Crippen LogP) is 2.81. The number of imidazole rings is 1. The average molecular weight is 209 g/mol. The van der Waals surface area contributed by atoms with E-state index in [1.807, 2.05) is 12.1 Å². The SMILES string of the molecule is CCC(=O)c1nc2c(Cl)cccc2[nH]1. The maximum Gasteiger partial charge on any atom is 0.197 e. The van der Waals surface area contributed by atoms with Crippen molar-refractivity contribution in [2.75, 3.05) is 0 Å². The van der Waals surface area contributed by atoms with Crippen molar-refractivity contribution in [2.24, 2.45) is 0 Å². The molecule has 0 aliphatic heterocycles. The van der Waals surface area contributed by atoms with Gasteiger partial charge in [-0.25, -0.2) is 4.98 Å². The highest BCUT2D eigenvalue weighted by Crippen LogP contribution is 2.21. The molecule has 1 N–H and O–H groups in total. The number of H-pyrrole nitrogens is 1. The maximum absolute atomic E-state index is 11.4. The monoisotopic (exact) mass is 208 g/mol. The lowest BCUT2D eigenvalue weighted by Crippen LogP contribution is -1.98. The molecule has 1 heterocycles. The Morgan fingerprint density at radius 3 is 3.00 bits per heavy atom. The second-order valence-electron chi connectivity index (χ2n) is 3.00. The van der Waals surface area contributed by atoms with Crippen molar-refractivity contribution >= 4 is 28.4 Å². The second-order valence-corrected chi connectivity index (χ2v) is 3.41. The third kappa shape index (κ3) is 1.40. The lowest BCUT2D eigenvalue weighted by atomic mass is 10.3. The van der Waals surface area contributed by atoms with Gasteiger partial charge in [-0.05, 0) is 12.1 Å². The van der Waals surface area contributed by atoms with Crippen LogP contribution in [-0.4, -0.2) is 15.8 Å². The van der Waals surface area contributed by atoms with Crippen LogP contribution < -0.4 is 0 Å². The molecular formula is C10H9ClN2O. The Morgan fingerprint density at radius 2 is 2.36 bits per heavy atom. The van der Waals surface area contributed by atoms with E-state index in [1.54, 1.807) is 13.0 Å². The number of fused-ring (bicyclic) bond motifs is 1. The zero-order chi connectivity index (χ0) is 10.1. The summed E-state index contributed by atoms with van der Waals surface area (Å²) in [5, 5.41) is 0.564. The molecule has 0 aliphatic carbocycles. The van der Waals surface area contributed by atoms with Crippen molar-refractivity contribution in [3.8, 4) is 0 Å². The Bertz CT molecular complexity index is 490. The first-order chi connectivity index (χ1) is 6.72. The quantitative estimate of drug-likeness (QED) is 0.772. The van der Waals surface area contributed by atoms with Crippen LogP contribution in [-0.2, 0) is 0 Å². The normalized spacial score (nSPS) is 10.7. The van der Waals surface area contributed by atoms with Gasteiger partial charge < -0.3 is 4.98 Å². The first kappa shape index (κ1) is 9.21. The molecule has 3 nitrogen and oxygen atoms in total. The zero-order valence-corrected chi connectivity index (χ0v) is 8.43. The van der Waals surface area contributed by atoms with Gasteiger partial charge >= 0.3 is 0 Å². The minimum Gasteiger partial charge on any atom is -0.335 e. The standard InChI is InChI=1S/C10H9ClN2O/c1-2-8(14)10-12-7-5-3-4-6(11)9(7)13-10/h3-5H,2H2,1H3,(H,12,13). The first-order valence-electron chi connectivity index (χ1n) is 4.39. The smallest absolute Gasteiger partial charge is 0.197 e. The molecule has 1 aromatic heterocycles. The van der Waals surface area contributed by atoms with Gasteiger partial charge in [-0.1, -0.05) is 24.6 Å². The van der Waals surface area contributed by atoms with Crippen LogP contribution in [0.1, 0.15) is 24.0 Å². The molecule has 1 aromatic carbocycles. The summed E-state index contributed by atoms with van der Waals surface area (Å²) in [7, 11) is 0. The predicted molar refractivity (Wildman–Crippen MR) is 55.7 cm³/mol. The summed E-state index contributed by atoms with van der Waals surface area (Å²) in [4.78, 5) is 18.4. The molecule has 0 aliphatic rings. The first-order valence-corrected chi connectivity index (χ1v) is 4.77. The summed E-state index contributed by atoms with van der Waals surface area (Å²) >= 11 is 5.92. The zero-order valence-electron chi connectivity index (χ0n) is 7.67. The Labute approximate surface area is 86.1 Å². The van der Waals surface area contributed by atoms with Crippen LogP contribution in [0.25, 0.3) is 11.0 Å². The molecule has 0 unspecified atom stereocenters. The number of Topliss-reactive ketones (excluding diaryl/α,β-unsaturated/α-hetero) is 1. The fourth-order valence-electron chi connectivity index (χ4n) is 1.30. The van der Waals surface area contributed by atoms with Crippen LogP contribution in [0.5, 0.6) is 0 Å². The lowest BCUT2D eigenvalue weighted by Gasteiger charge is -1.88. The molecule has 0 amide bonds. The molecular weight excluding hydrogens is 200 g/mol. The fraction of sp³-hybridized carbons (Fsp3) is 0.200. The molecule has 0 bridgehead atoms. The number of nitrogens with zero attached hydrogens (tertiary/aromatic N) is 1. The van der Waals surface area contributed by atoms with Crippen molar-refractivity contribution in [1.82, 2.24) is 9.97 Å². The molecule has 0 fully saturated rings. The third-order valence-corrected chi connectivity index (χ3v) is 2.35. The largest absolute Gasteiger partial charge is 0.335 e. The van der Waals surface area contributed by atoms with E-state index in [-0.39, 0.29) is 5.78 Å². The van der Waals surface area contributed by atoms with Gasteiger partial charge in [0, 0.05) is 6.42 Å². The molecule has 0 atom stereocenters. The number of rotatable bonds is 2. The number of benzene rings is 1. The summed E-state index contributed by atoms with van der Waals surface area (Å²) in [6, 6.07) is 5.43. The number of aromatic nitrogens is 2. The number of hydrogen-bond acceptors (Lipinski definition) is 2. The number of aromatic amines is 1. The number of nitrogens with one attached hydrogen (secondary N) is 1. The maximum atomic E-state index is 11.4. The number of ketones is 1. The molecule has 72 valence electrons. The fourth-order valence-corrected chi connectivity index (χ4v) is 1.51. The van der Waals surface area contributed by atoms with Crippen LogP contribution in [0.2, 0.25) is 5.02 Å². The number of halogens is 1. The summed E-state index contributed by atoms with van der Waals surface area (Å²) < 4.78 is 0. The highest BCUT2D eigenvalue weighted by atomic mass is 35.5. The minimum atomic E-state index is -0.00253. The van der Waals surface area contributed by atoms with Crippen LogP contribution >= 0.6 is 11.6 Å². The third-order valence-electron chi connectivity index (χ3n) is 2.05. The molecule has 14 heavy (non-hydrogen) atoms. The van der Waals surface area contributed by atoms with Gasteiger partial charge in [0.25, 0.3) is 0 Å². The highest BCUT2D eigenvalue weighted by molar-refractivity contribution is 6.35. The van der Waals surface area contributed by atoms with E-state index in [4.69, 9.17) is 11.6 Å². The Hall–Kier alpha value is -1.35. The van der Waals surface area contributed by atoms with Crippen LogP contribution in [0, 0.1) is 0 Å². The van der Waals surface area contributed by atoms with Crippen molar-refractivity contribution in [3.05, 3.63) is 29.0 Å². The summed E-state index contributed by atoms with van der Waals surface area (Å²) in [6.45, 7) is 1.80. The van der Waals surface area contributed by atoms with Gasteiger partial charge in [-0.15, -0.1) is 0 Å². The molecule has 0 spiro atoms. The Balaban J connectivity index is 2.62. The van der Waals surface area contributed by atoms with E-state index in [1.165, 1.54) is 0 Å². The van der Waals surface area contributed by atoms with Gasteiger partial charge in [0.1, 0.15) is 5.52 Å². The minimum absolute atomic E-state index is 0.00253. The molecule has 2 aromatic rings.